The number of hydrogen-bond acceptors (Lipinski definition) is 3. The fourth-order valence-corrected chi connectivity index (χ4v) is 3.21. The third kappa shape index (κ3) is 4.77. The van der Waals surface area contributed by atoms with Crippen LogP contribution >= 0.6 is 0 Å². The van der Waals surface area contributed by atoms with Crippen LogP contribution in [0.2, 0.25) is 0 Å². The van der Waals surface area contributed by atoms with Crippen molar-refractivity contribution in [3.63, 3.8) is 0 Å². The van der Waals surface area contributed by atoms with Crippen LogP contribution in [0.4, 0.5) is 0 Å². The molecule has 1 aliphatic rings. The molecule has 1 aliphatic carbocycles. The summed E-state index contributed by atoms with van der Waals surface area (Å²) in [5, 5.41) is 9.47. The molecule has 5 unspecified atom stereocenters. The number of aliphatic carboxylic acids is 1. The Kier molecular flexibility index (Phi) is 6.11. The first-order valence-corrected chi connectivity index (χ1v) is 7.16. The van der Waals surface area contributed by atoms with Crippen molar-refractivity contribution >= 4 is 5.97 Å². The Balaban J connectivity index is 2.77. The quantitative estimate of drug-likeness (QED) is 0.775. The molecule has 0 saturated heterocycles. The second-order valence-electron chi connectivity index (χ2n) is 5.98. The number of carboxylic acid groups (broad SMARTS) is 1. The SMILES string of the molecule is [2H]C(COC(C(=O)O)C1CC(C)CCC1C(C)C)OC. The van der Waals surface area contributed by atoms with Crippen molar-refractivity contribution < 1.29 is 20.7 Å². The van der Waals surface area contributed by atoms with Crippen LogP contribution in [0.25, 0.3) is 0 Å². The van der Waals surface area contributed by atoms with Crippen molar-refractivity contribution in [3.8, 4) is 0 Å². The van der Waals surface area contributed by atoms with Crippen molar-refractivity contribution in [1.82, 2.24) is 0 Å². The molecule has 4 nitrogen and oxygen atoms in total. The molecule has 0 radical (unpaired) electrons. The second kappa shape index (κ2) is 7.85. The minimum atomic E-state index is -0.918. The number of methoxy groups -OCH3 is 1. The zero-order valence-electron chi connectivity index (χ0n) is 13.5. The fraction of sp³-hybridized carbons (Fsp3) is 0.933. The number of hydrogen-bond donors (Lipinski definition) is 1. The summed E-state index contributed by atoms with van der Waals surface area (Å²) in [6.07, 6.45) is 2.28. The number of ether oxygens (including phenoxy) is 2. The lowest BCUT2D eigenvalue weighted by Crippen LogP contribution is -2.42. The summed E-state index contributed by atoms with van der Waals surface area (Å²) in [5.74, 6) is 0.472. The van der Waals surface area contributed by atoms with Gasteiger partial charge in [0.15, 0.2) is 6.10 Å². The summed E-state index contributed by atoms with van der Waals surface area (Å²) >= 11 is 0. The molecule has 0 amide bonds. The van der Waals surface area contributed by atoms with Crippen molar-refractivity contribution in [3.05, 3.63) is 0 Å². The maximum atomic E-state index is 11.5. The zero-order chi connectivity index (χ0) is 15.3. The first-order valence-electron chi connectivity index (χ1n) is 7.74. The highest BCUT2D eigenvalue weighted by Gasteiger charge is 2.39. The molecule has 4 heteroatoms. The van der Waals surface area contributed by atoms with Gasteiger partial charge in [-0.25, -0.2) is 4.79 Å². The van der Waals surface area contributed by atoms with Gasteiger partial charge in [-0.1, -0.05) is 27.2 Å². The summed E-state index contributed by atoms with van der Waals surface area (Å²) in [4.78, 5) is 11.5. The zero-order valence-corrected chi connectivity index (χ0v) is 12.5. The average Bonchev–Trinajstić information content (AvgIpc) is 2.37. The summed E-state index contributed by atoms with van der Waals surface area (Å²) < 4.78 is 17.8. The van der Waals surface area contributed by atoms with Gasteiger partial charge in [-0.2, -0.15) is 0 Å². The maximum Gasteiger partial charge on any atom is 0.333 e. The molecular formula is C15H28O4. The normalized spacial score (nSPS) is 31.8. The van der Waals surface area contributed by atoms with Crippen LogP contribution in [0.3, 0.4) is 0 Å². The van der Waals surface area contributed by atoms with Gasteiger partial charge in [0, 0.05) is 7.11 Å². The largest absolute Gasteiger partial charge is 0.479 e. The molecule has 0 aromatic heterocycles. The van der Waals surface area contributed by atoms with Crippen LogP contribution in [-0.4, -0.2) is 37.5 Å². The summed E-state index contributed by atoms with van der Waals surface area (Å²) in [5.41, 5.74) is 0. The van der Waals surface area contributed by atoms with Crippen molar-refractivity contribution in [1.29, 1.82) is 0 Å². The van der Waals surface area contributed by atoms with Gasteiger partial charge in [0.2, 0.25) is 0 Å². The van der Waals surface area contributed by atoms with E-state index in [9.17, 15) is 9.90 Å². The van der Waals surface area contributed by atoms with E-state index in [0.717, 1.165) is 19.3 Å². The lowest BCUT2D eigenvalue weighted by Gasteiger charge is -2.40. The van der Waals surface area contributed by atoms with Crippen LogP contribution in [-0.2, 0) is 14.3 Å². The number of carbonyl (C=O) groups is 1. The molecular weight excluding hydrogens is 244 g/mol. The predicted octanol–water partition coefficient (Wildman–Crippen LogP) is 2.81. The Morgan fingerprint density at radius 3 is 2.63 bits per heavy atom. The number of carboxylic acids is 1. The van der Waals surface area contributed by atoms with E-state index in [1.165, 1.54) is 7.11 Å². The molecule has 1 rings (SSSR count). The van der Waals surface area contributed by atoms with Crippen LogP contribution < -0.4 is 0 Å². The van der Waals surface area contributed by atoms with E-state index in [2.05, 4.69) is 20.8 Å². The Labute approximate surface area is 117 Å². The second-order valence-corrected chi connectivity index (χ2v) is 5.98. The van der Waals surface area contributed by atoms with E-state index >= 15 is 0 Å². The molecule has 1 saturated carbocycles. The molecule has 112 valence electrons. The first-order chi connectivity index (χ1) is 9.36. The van der Waals surface area contributed by atoms with E-state index in [-0.39, 0.29) is 12.5 Å². The Morgan fingerprint density at radius 1 is 1.42 bits per heavy atom. The molecule has 19 heavy (non-hydrogen) atoms. The smallest absolute Gasteiger partial charge is 0.333 e. The topological polar surface area (TPSA) is 55.8 Å². The number of rotatable bonds is 7. The summed E-state index contributed by atoms with van der Waals surface area (Å²) in [6, 6.07) is 0. The van der Waals surface area contributed by atoms with E-state index in [1.807, 2.05) is 0 Å². The highest BCUT2D eigenvalue weighted by molar-refractivity contribution is 5.72. The maximum absolute atomic E-state index is 11.5. The lowest BCUT2D eigenvalue weighted by atomic mass is 9.68. The van der Waals surface area contributed by atoms with Gasteiger partial charge in [0.25, 0.3) is 0 Å². The van der Waals surface area contributed by atoms with Gasteiger partial charge in [-0.15, -0.1) is 0 Å². The van der Waals surface area contributed by atoms with Gasteiger partial charge >= 0.3 is 5.97 Å². The molecule has 0 aromatic carbocycles. The Bertz CT molecular complexity index is 308. The van der Waals surface area contributed by atoms with Gasteiger partial charge < -0.3 is 14.6 Å². The van der Waals surface area contributed by atoms with Gasteiger partial charge in [0.1, 0.15) is 0 Å². The molecule has 0 bridgehead atoms. The van der Waals surface area contributed by atoms with Gasteiger partial charge in [-0.3, -0.25) is 0 Å². The molecule has 0 spiro atoms. The van der Waals surface area contributed by atoms with Crippen LogP contribution in [0, 0.1) is 23.7 Å². The molecule has 0 heterocycles. The molecule has 1 N–H and O–H groups in total. The highest BCUT2D eigenvalue weighted by Crippen LogP contribution is 2.40. The van der Waals surface area contributed by atoms with Gasteiger partial charge in [-0.05, 0) is 36.5 Å². The Morgan fingerprint density at radius 2 is 2.11 bits per heavy atom. The monoisotopic (exact) mass is 273 g/mol. The van der Waals surface area contributed by atoms with E-state index < -0.39 is 18.7 Å². The third-order valence-electron chi connectivity index (χ3n) is 4.22. The highest BCUT2D eigenvalue weighted by atomic mass is 16.5. The minimum Gasteiger partial charge on any atom is -0.479 e. The minimum absolute atomic E-state index is 0.00314. The first kappa shape index (κ1) is 14.8. The summed E-state index contributed by atoms with van der Waals surface area (Å²) in [6.45, 7) is 5.65. The van der Waals surface area contributed by atoms with Gasteiger partial charge in [0.05, 0.1) is 14.6 Å². The fourth-order valence-electron chi connectivity index (χ4n) is 3.21. The Hall–Kier alpha value is -0.610. The molecule has 0 aromatic rings. The average molecular weight is 273 g/mol. The van der Waals surface area contributed by atoms with Crippen molar-refractivity contribution in [2.24, 2.45) is 23.7 Å². The van der Waals surface area contributed by atoms with E-state index in [1.54, 1.807) is 0 Å². The molecule has 5 atom stereocenters. The van der Waals surface area contributed by atoms with Crippen LogP contribution in [0.5, 0.6) is 0 Å². The third-order valence-corrected chi connectivity index (χ3v) is 4.22. The van der Waals surface area contributed by atoms with Crippen molar-refractivity contribution in [2.75, 3.05) is 20.3 Å². The van der Waals surface area contributed by atoms with Crippen molar-refractivity contribution in [2.45, 2.75) is 46.1 Å². The standard InChI is InChI=1S/C15H28O4/c1-10(2)12-6-5-11(3)9-13(12)14(15(16)17)19-8-7-18-4/h10-14H,5-9H2,1-4H3,(H,16,17)/i7D. The van der Waals surface area contributed by atoms with E-state index in [0.29, 0.717) is 17.8 Å². The van der Waals surface area contributed by atoms with Crippen LogP contribution in [0.15, 0.2) is 0 Å². The lowest BCUT2D eigenvalue weighted by molar-refractivity contribution is -0.159. The van der Waals surface area contributed by atoms with E-state index in [4.69, 9.17) is 10.8 Å². The molecule has 1 fully saturated rings. The summed E-state index contributed by atoms with van der Waals surface area (Å²) in [7, 11) is 1.43. The predicted molar refractivity (Wildman–Crippen MR) is 74.1 cm³/mol. The van der Waals surface area contributed by atoms with Crippen LogP contribution in [0.1, 0.15) is 41.4 Å². The molecule has 0 aliphatic heterocycles.